The van der Waals surface area contributed by atoms with Crippen LogP contribution in [-0.2, 0) is 21.2 Å². The molecule has 1 saturated heterocycles. The number of halogens is 1. The van der Waals surface area contributed by atoms with Gasteiger partial charge >= 0.3 is 5.97 Å². The molecule has 0 radical (unpaired) electrons. The number of methoxy groups -OCH3 is 1. The van der Waals surface area contributed by atoms with Crippen LogP contribution in [0.4, 0.5) is 0 Å². The second kappa shape index (κ2) is 8.42. The third kappa shape index (κ3) is 4.51. The molecule has 0 N–H and O–H groups in total. The third-order valence-corrected chi connectivity index (χ3v) is 7.29. The molecule has 0 aliphatic carbocycles. The minimum Gasteiger partial charge on any atom is -0.465 e. The van der Waals surface area contributed by atoms with E-state index in [0.717, 1.165) is 19.3 Å². The van der Waals surface area contributed by atoms with E-state index in [0.29, 0.717) is 19.0 Å². The van der Waals surface area contributed by atoms with Crippen molar-refractivity contribution in [3.05, 3.63) is 64.7 Å². The van der Waals surface area contributed by atoms with Gasteiger partial charge in [-0.15, -0.1) is 0 Å². The van der Waals surface area contributed by atoms with Crippen LogP contribution in [0, 0.1) is 5.92 Å². The molecule has 0 amide bonds. The monoisotopic (exact) mass is 407 g/mol. The van der Waals surface area contributed by atoms with Gasteiger partial charge in [0.25, 0.3) is 0 Å². The van der Waals surface area contributed by atoms with E-state index in [2.05, 4.69) is 16.9 Å². The summed E-state index contributed by atoms with van der Waals surface area (Å²) in [5.41, 5.74) is 1.44. The second-order valence-electron chi connectivity index (χ2n) is 6.67. The quantitative estimate of drug-likeness (QED) is 0.708. The number of nitrogens with zero attached hydrogens (tertiary/aromatic N) is 1. The highest BCUT2D eigenvalue weighted by molar-refractivity contribution is 7.89. The van der Waals surface area contributed by atoms with E-state index in [4.69, 9.17) is 11.6 Å². The maximum absolute atomic E-state index is 13.0. The average molecular weight is 408 g/mol. The molecule has 1 aliphatic heterocycles. The number of hydrogen-bond acceptors (Lipinski definition) is 4. The zero-order valence-corrected chi connectivity index (χ0v) is 16.7. The number of benzene rings is 2. The summed E-state index contributed by atoms with van der Waals surface area (Å²) in [7, 11) is -2.51. The highest BCUT2D eigenvalue weighted by atomic mass is 35.5. The van der Waals surface area contributed by atoms with Crippen molar-refractivity contribution >= 4 is 27.6 Å². The number of carbonyl (C=O) groups excluding carboxylic acids is 1. The Kier molecular flexibility index (Phi) is 6.19. The first-order valence-corrected chi connectivity index (χ1v) is 10.7. The van der Waals surface area contributed by atoms with E-state index in [-0.39, 0.29) is 15.5 Å². The Morgan fingerprint density at radius 3 is 2.44 bits per heavy atom. The van der Waals surface area contributed by atoms with Gasteiger partial charge in [0.15, 0.2) is 0 Å². The summed E-state index contributed by atoms with van der Waals surface area (Å²) in [6.45, 7) is 0.886. The molecule has 144 valence electrons. The average Bonchev–Trinajstić information content (AvgIpc) is 2.69. The van der Waals surface area contributed by atoms with Crippen LogP contribution in [0.25, 0.3) is 0 Å². The molecule has 7 heteroatoms. The number of hydrogen-bond donors (Lipinski definition) is 0. The van der Waals surface area contributed by atoms with Crippen molar-refractivity contribution in [2.24, 2.45) is 5.92 Å². The van der Waals surface area contributed by atoms with Gasteiger partial charge < -0.3 is 4.74 Å². The number of sulfonamides is 1. The molecule has 27 heavy (non-hydrogen) atoms. The van der Waals surface area contributed by atoms with E-state index in [1.807, 2.05) is 18.2 Å². The normalized spacial score (nSPS) is 16.2. The van der Waals surface area contributed by atoms with Crippen LogP contribution in [0.5, 0.6) is 0 Å². The van der Waals surface area contributed by atoms with Gasteiger partial charge in [-0.25, -0.2) is 13.2 Å². The summed E-state index contributed by atoms with van der Waals surface area (Å²) in [5.74, 6) is -0.139. The van der Waals surface area contributed by atoms with Crippen molar-refractivity contribution in [3.8, 4) is 0 Å². The summed E-state index contributed by atoms with van der Waals surface area (Å²) in [6, 6.07) is 14.4. The third-order valence-electron chi connectivity index (χ3n) is 4.91. The van der Waals surface area contributed by atoms with Gasteiger partial charge in [0.05, 0.1) is 17.7 Å². The summed E-state index contributed by atoms with van der Waals surface area (Å²) in [5, 5.41) is 0.106. The number of piperidine rings is 1. The molecule has 0 saturated carbocycles. The Hall–Kier alpha value is -1.89. The van der Waals surface area contributed by atoms with Gasteiger partial charge in [-0.05, 0) is 48.9 Å². The van der Waals surface area contributed by atoms with Gasteiger partial charge in [-0.2, -0.15) is 4.31 Å². The maximum Gasteiger partial charge on any atom is 0.337 e. The fourth-order valence-corrected chi connectivity index (χ4v) is 5.36. The molecule has 1 aliphatic rings. The molecule has 0 atom stereocenters. The van der Waals surface area contributed by atoms with Crippen molar-refractivity contribution in [1.82, 2.24) is 4.31 Å². The maximum atomic E-state index is 13.0. The molecule has 2 aromatic carbocycles. The summed E-state index contributed by atoms with van der Waals surface area (Å²) in [6.07, 6.45) is 2.54. The van der Waals surface area contributed by atoms with E-state index >= 15 is 0 Å². The van der Waals surface area contributed by atoms with Gasteiger partial charge in [-0.3, -0.25) is 0 Å². The Bertz CT molecular complexity index is 907. The molecule has 1 heterocycles. The van der Waals surface area contributed by atoms with Crippen LogP contribution in [0.15, 0.2) is 53.4 Å². The molecule has 5 nitrogen and oxygen atoms in total. The van der Waals surface area contributed by atoms with Gasteiger partial charge in [-0.1, -0.05) is 41.9 Å². The first-order chi connectivity index (χ1) is 12.9. The van der Waals surface area contributed by atoms with Crippen molar-refractivity contribution < 1.29 is 17.9 Å². The molecule has 3 rings (SSSR count). The Morgan fingerprint density at radius 1 is 1.15 bits per heavy atom. The lowest BCUT2D eigenvalue weighted by Gasteiger charge is -2.31. The fourth-order valence-electron chi connectivity index (χ4n) is 3.39. The largest absolute Gasteiger partial charge is 0.465 e. The van der Waals surface area contributed by atoms with E-state index in [9.17, 15) is 13.2 Å². The van der Waals surface area contributed by atoms with Crippen LogP contribution in [-0.4, -0.2) is 38.9 Å². The minimum absolute atomic E-state index is 0.0476. The van der Waals surface area contributed by atoms with Crippen molar-refractivity contribution in [2.45, 2.75) is 24.2 Å². The molecule has 1 fully saturated rings. The minimum atomic E-state index is -3.76. The van der Waals surface area contributed by atoms with E-state index in [1.54, 1.807) is 0 Å². The van der Waals surface area contributed by atoms with Gasteiger partial charge in [0.2, 0.25) is 10.0 Å². The molecule has 0 bridgehead atoms. The SMILES string of the molecule is COC(=O)c1ccc(Cl)c(S(=O)(=O)N2CCC(Cc3ccccc3)CC2)c1. The summed E-state index contributed by atoms with van der Waals surface area (Å²) < 4.78 is 32.2. The fraction of sp³-hybridized carbons (Fsp3) is 0.350. The standard InChI is InChI=1S/C20H22ClNO4S/c1-26-20(23)17-7-8-18(21)19(14-17)27(24,25)22-11-9-16(10-12-22)13-15-5-3-2-4-6-15/h2-8,14,16H,9-13H2,1H3. The number of carbonyl (C=O) groups is 1. The zero-order chi connectivity index (χ0) is 19.4. The van der Waals surface area contributed by atoms with Crippen molar-refractivity contribution in [1.29, 1.82) is 0 Å². The molecular formula is C20H22ClNO4S. The molecular weight excluding hydrogens is 386 g/mol. The Labute approximate surface area is 165 Å². The Morgan fingerprint density at radius 2 is 1.81 bits per heavy atom. The molecule has 0 aromatic heterocycles. The van der Waals surface area contributed by atoms with Crippen molar-refractivity contribution in [3.63, 3.8) is 0 Å². The van der Waals surface area contributed by atoms with Crippen LogP contribution in [0.1, 0.15) is 28.8 Å². The molecule has 2 aromatic rings. The second-order valence-corrected chi connectivity index (χ2v) is 8.99. The number of ether oxygens (including phenoxy) is 1. The van der Waals surface area contributed by atoms with Crippen LogP contribution < -0.4 is 0 Å². The van der Waals surface area contributed by atoms with Crippen molar-refractivity contribution in [2.75, 3.05) is 20.2 Å². The highest BCUT2D eigenvalue weighted by Gasteiger charge is 2.31. The first kappa shape index (κ1) is 19.9. The predicted molar refractivity (Wildman–Crippen MR) is 104 cm³/mol. The topological polar surface area (TPSA) is 63.7 Å². The lowest BCUT2D eigenvalue weighted by Crippen LogP contribution is -2.39. The summed E-state index contributed by atoms with van der Waals surface area (Å²) in [4.78, 5) is 11.7. The lowest BCUT2D eigenvalue weighted by atomic mass is 9.91. The lowest BCUT2D eigenvalue weighted by molar-refractivity contribution is 0.0600. The number of esters is 1. The zero-order valence-electron chi connectivity index (χ0n) is 15.1. The van der Waals surface area contributed by atoms with Crippen LogP contribution in [0.3, 0.4) is 0 Å². The first-order valence-electron chi connectivity index (χ1n) is 8.83. The molecule has 0 unspecified atom stereocenters. The molecule has 0 spiro atoms. The van der Waals surface area contributed by atoms with Gasteiger partial charge in [0, 0.05) is 13.1 Å². The van der Waals surface area contributed by atoms with E-state index < -0.39 is 16.0 Å². The highest BCUT2D eigenvalue weighted by Crippen LogP contribution is 2.30. The smallest absolute Gasteiger partial charge is 0.337 e. The van der Waals surface area contributed by atoms with Crippen LogP contribution in [0.2, 0.25) is 5.02 Å². The Balaban J connectivity index is 1.72. The van der Waals surface area contributed by atoms with Gasteiger partial charge in [0.1, 0.15) is 4.90 Å². The number of rotatable bonds is 5. The summed E-state index contributed by atoms with van der Waals surface area (Å²) >= 11 is 6.13. The van der Waals surface area contributed by atoms with Crippen LogP contribution >= 0.6 is 11.6 Å². The van der Waals surface area contributed by atoms with E-state index in [1.165, 1.54) is 35.2 Å². The predicted octanol–water partition coefficient (Wildman–Crippen LogP) is 3.77.